The van der Waals surface area contributed by atoms with Gasteiger partial charge in [0.05, 0.1) is 18.7 Å². The smallest absolute Gasteiger partial charge is 0.307 e. The first-order chi connectivity index (χ1) is 16.3. The van der Waals surface area contributed by atoms with E-state index < -0.39 is 5.97 Å². The van der Waals surface area contributed by atoms with Crippen molar-refractivity contribution in [3.05, 3.63) is 82.9 Å². The van der Waals surface area contributed by atoms with Crippen LogP contribution in [0.2, 0.25) is 0 Å². The Morgan fingerprint density at radius 1 is 1.12 bits per heavy atom. The number of aryl methyl sites for hydroxylation is 1. The highest BCUT2D eigenvalue weighted by Gasteiger charge is 2.23. The van der Waals surface area contributed by atoms with Crippen LogP contribution in [-0.2, 0) is 11.2 Å². The van der Waals surface area contributed by atoms with Crippen molar-refractivity contribution in [2.24, 2.45) is 0 Å². The van der Waals surface area contributed by atoms with Gasteiger partial charge in [-0.2, -0.15) is 0 Å². The summed E-state index contributed by atoms with van der Waals surface area (Å²) in [5.41, 5.74) is 4.38. The largest absolute Gasteiger partial charge is 0.490 e. The number of nitrogens with one attached hydrogen (secondary N) is 1. The molecule has 0 saturated heterocycles. The fourth-order valence-corrected chi connectivity index (χ4v) is 4.11. The molecule has 1 aliphatic heterocycles. The minimum absolute atomic E-state index is 0.0906. The van der Waals surface area contributed by atoms with E-state index in [1.165, 1.54) is 0 Å². The minimum Gasteiger partial charge on any atom is -0.490 e. The molecule has 3 aromatic carbocycles. The second-order valence-corrected chi connectivity index (χ2v) is 8.49. The highest BCUT2D eigenvalue weighted by molar-refractivity contribution is 6.05. The number of nitrogens with zero attached hydrogens (tertiary/aromatic N) is 1. The van der Waals surface area contributed by atoms with Crippen LogP contribution in [0.1, 0.15) is 27.0 Å². The third-order valence-corrected chi connectivity index (χ3v) is 5.96. The molecule has 176 valence electrons. The summed E-state index contributed by atoms with van der Waals surface area (Å²) >= 11 is 0. The van der Waals surface area contributed by atoms with Gasteiger partial charge in [-0.15, -0.1) is 0 Å². The number of carboxylic acids is 1. The van der Waals surface area contributed by atoms with Gasteiger partial charge in [0, 0.05) is 18.3 Å². The minimum atomic E-state index is -0.910. The normalized spacial score (nSPS) is 14.7. The van der Waals surface area contributed by atoms with E-state index in [0.29, 0.717) is 29.2 Å². The zero-order valence-corrected chi connectivity index (χ0v) is 19.5. The van der Waals surface area contributed by atoms with Crippen LogP contribution in [-0.4, -0.2) is 43.3 Å². The number of rotatable bonds is 7. The summed E-state index contributed by atoms with van der Waals surface area (Å²) in [6.07, 6.45) is -0.198. The fraction of sp³-hybridized carbons (Fsp3) is 0.259. The number of benzene rings is 3. The summed E-state index contributed by atoms with van der Waals surface area (Å²) < 4.78 is 12.0. The number of carbonyl (C=O) groups is 2. The Morgan fingerprint density at radius 2 is 1.91 bits per heavy atom. The molecule has 0 spiro atoms. The van der Waals surface area contributed by atoms with E-state index in [2.05, 4.69) is 10.2 Å². The highest BCUT2D eigenvalue weighted by atomic mass is 16.5. The van der Waals surface area contributed by atoms with Gasteiger partial charge in [-0.25, -0.2) is 0 Å². The number of carboxylic acid groups (broad SMARTS) is 1. The van der Waals surface area contributed by atoms with Crippen molar-refractivity contribution in [3.8, 4) is 11.5 Å². The summed E-state index contributed by atoms with van der Waals surface area (Å²) in [6, 6.07) is 18.5. The monoisotopic (exact) mass is 460 g/mol. The second kappa shape index (κ2) is 9.87. The Hall–Kier alpha value is -4.00. The molecule has 0 radical (unpaired) electrons. The summed E-state index contributed by atoms with van der Waals surface area (Å²) in [7, 11) is 2.03. The molecular weight excluding hydrogens is 432 g/mol. The Bertz CT molecular complexity index is 1220. The molecule has 0 aromatic heterocycles. The fourth-order valence-electron chi connectivity index (χ4n) is 4.11. The Kier molecular flexibility index (Phi) is 6.72. The molecule has 1 heterocycles. The Labute approximate surface area is 198 Å². The molecule has 7 heteroatoms. The number of hydrogen-bond donors (Lipinski definition) is 2. The molecule has 2 N–H and O–H groups in total. The quantitative estimate of drug-likeness (QED) is 0.541. The number of likely N-dealkylation sites (N-methyl/N-ethyl adjacent to an activating group) is 1. The van der Waals surface area contributed by atoms with Crippen molar-refractivity contribution in [1.29, 1.82) is 0 Å². The number of hydrogen-bond acceptors (Lipinski definition) is 5. The average Bonchev–Trinajstić information content (AvgIpc) is 2.80. The van der Waals surface area contributed by atoms with Gasteiger partial charge >= 0.3 is 5.97 Å². The molecular formula is C27H28N2O5. The van der Waals surface area contributed by atoms with Crippen molar-refractivity contribution >= 4 is 23.3 Å². The van der Waals surface area contributed by atoms with Gasteiger partial charge in [0.15, 0.2) is 0 Å². The van der Waals surface area contributed by atoms with E-state index in [9.17, 15) is 9.59 Å². The summed E-state index contributed by atoms with van der Waals surface area (Å²) in [4.78, 5) is 26.1. The summed E-state index contributed by atoms with van der Waals surface area (Å²) in [5, 5.41) is 12.0. The van der Waals surface area contributed by atoms with Crippen LogP contribution in [0.3, 0.4) is 0 Å². The average molecular weight is 461 g/mol. The topological polar surface area (TPSA) is 88.1 Å². The predicted molar refractivity (Wildman–Crippen MR) is 131 cm³/mol. The van der Waals surface area contributed by atoms with Crippen molar-refractivity contribution in [2.45, 2.75) is 26.4 Å². The molecule has 1 atom stereocenters. The molecule has 34 heavy (non-hydrogen) atoms. The number of amides is 1. The van der Waals surface area contributed by atoms with Crippen LogP contribution in [0.5, 0.6) is 11.5 Å². The van der Waals surface area contributed by atoms with E-state index >= 15 is 0 Å². The summed E-state index contributed by atoms with van der Waals surface area (Å²) in [5.74, 6) is 0.343. The molecule has 3 aromatic rings. The number of anilines is 2. The lowest BCUT2D eigenvalue weighted by Gasteiger charge is -2.33. The number of fused-ring (bicyclic) bond motifs is 1. The third kappa shape index (κ3) is 5.14. The maximum atomic E-state index is 12.9. The van der Waals surface area contributed by atoms with Gasteiger partial charge in [0.2, 0.25) is 0 Å². The SMILES string of the molecule is Cc1cc(OC[C@@H]2CN(C)c3ccccc3O2)ccc1C(=O)Nc1cccc(CC(=O)O)c1C. The number of para-hydroxylation sites is 2. The van der Waals surface area contributed by atoms with E-state index in [1.54, 1.807) is 37.3 Å². The van der Waals surface area contributed by atoms with Crippen LogP contribution in [0.15, 0.2) is 60.7 Å². The lowest BCUT2D eigenvalue weighted by atomic mass is 10.0. The zero-order valence-electron chi connectivity index (χ0n) is 19.5. The predicted octanol–water partition coefficient (Wildman–Crippen LogP) is 4.46. The van der Waals surface area contributed by atoms with Crippen molar-refractivity contribution in [2.75, 3.05) is 30.4 Å². The first-order valence-electron chi connectivity index (χ1n) is 11.1. The maximum absolute atomic E-state index is 12.9. The van der Waals surface area contributed by atoms with Crippen molar-refractivity contribution in [1.82, 2.24) is 0 Å². The lowest BCUT2D eigenvalue weighted by Crippen LogP contribution is -2.41. The standard InChI is InChI=1S/C27H28N2O5/c1-17-13-20(33-16-21-15-29(3)24-9-4-5-10-25(24)34-21)11-12-22(17)27(32)28-23-8-6-7-19(18(23)2)14-26(30)31/h4-13,21H,14-16H2,1-3H3,(H,28,32)(H,30,31)/t21-/m0/s1. The molecule has 1 aliphatic rings. The van der Waals surface area contributed by atoms with Crippen molar-refractivity contribution < 1.29 is 24.2 Å². The molecule has 0 unspecified atom stereocenters. The summed E-state index contributed by atoms with van der Waals surface area (Å²) in [6.45, 7) is 4.77. The molecule has 7 nitrogen and oxygen atoms in total. The highest BCUT2D eigenvalue weighted by Crippen LogP contribution is 2.32. The molecule has 0 aliphatic carbocycles. The number of ether oxygens (including phenoxy) is 2. The van der Waals surface area contributed by atoms with Gasteiger partial charge in [-0.05, 0) is 66.9 Å². The first kappa shape index (κ1) is 23.2. The third-order valence-electron chi connectivity index (χ3n) is 5.96. The van der Waals surface area contributed by atoms with Crippen LogP contribution in [0.25, 0.3) is 0 Å². The van der Waals surface area contributed by atoms with Crippen LogP contribution in [0, 0.1) is 13.8 Å². The van der Waals surface area contributed by atoms with Gasteiger partial charge in [-0.1, -0.05) is 24.3 Å². The van der Waals surface area contributed by atoms with Gasteiger partial charge in [0.1, 0.15) is 24.2 Å². The molecule has 4 rings (SSSR count). The van der Waals surface area contributed by atoms with Crippen LogP contribution in [0.4, 0.5) is 11.4 Å². The molecule has 0 bridgehead atoms. The molecule has 0 saturated carbocycles. The van der Waals surface area contributed by atoms with Gasteiger partial charge in [0.25, 0.3) is 5.91 Å². The lowest BCUT2D eigenvalue weighted by molar-refractivity contribution is -0.136. The van der Waals surface area contributed by atoms with Gasteiger partial charge in [-0.3, -0.25) is 9.59 Å². The van der Waals surface area contributed by atoms with Gasteiger partial charge < -0.3 is 24.8 Å². The van der Waals surface area contributed by atoms with Crippen molar-refractivity contribution in [3.63, 3.8) is 0 Å². The Balaban J connectivity index is 1.40. The van der Waals surface area contributed by atoms with Crippen LogP contribution < -0.4 is 19.7 Å². The first-order valence-corrected chi connectivity index (χ1v) is 11.1. The molecule has 1 amide bonds. The van der Waals surface area contributed by atoms with E-state index in [4.69, 9.17) is 14.6 Å². The second-order valence-electron chi connectivity index (χ2n) is 8.49. The number of carbonyl (C=O) groups excluding carboxylic acids is 1. The number of aliphatic carboxylic acids is 1. The van der Waals surface area contributed by atoms with Crippen LogP contribution >= 0.6 is 0 Å². The Morgan fingerprint density at radius 3 is 2.68 bits per heavy atom. The maximum Gasteiger partial charge on any atom is 0.307 e. The van der Waals surface area contributed by atoms with E-state index in [1.807, 2.05) is 44.3 Å². The van der Waals surface area contributed by atoms with E-state index in [-0.39, 0.29) is 18.4 Å². The van der Waals surface area contributed by atoms with E-state index in [0.717, 1.165) is 29.1 Å². The zero-order chi connectivity index (χ0) is 24.2. The molecule has 0 fully saturated rings.